The van der Waals surface area contributed by atoms with Crippen LogP contribution in [-0.2, 0) is 9.59 Å². The van der Waals surface area contributed by atoms with Gasteiger partial charge in [0.25, 0.3) is 11.7 Å². The Labute approximate surface area is 175 Å². The first-order chi connectivity index (χ1) is 14.0. The standard InChI is InChI=1S/C23H15BrFNO3/c24-15-9-6-10-16(13-15)26-20(17-11-4-5-12-18(17)25)19(22(28)23(26)29)21(27)14-7-2-1-3-8-14/h1-13,20,27H/t20-/m0/s1. The molecule has 0 aromatic heterocycles. The summed E-state index contributed by atoms with van der Waals surface area (Å²) in [5.74, 6) is -2.60. The Morgan fingerprint density at radius 3 is 2.31 bits per heavy atom. The van der Waals surface area contributed by atoms with Crippen LogP contribution in [0, 0.1) is 5.82 Å². The maximum atomic E-state index is 14.7. The topological polar surface area (TPSA) is 57.6 Å². The lowest BCUT2D eigenvalue weighted by Gasteiger charge is -2.25. The number of halogens is 2. The van der Waals surface area contributed by atoms with Crippen molar-refractivity contribution in [3.05, 3.63) is 106 Å². The minimum atomic E-state index is -1.09. The second-order valence-electron chi connectivity index (χ2n) is 6.54. The van der Waals surface area contributed by atoms with Crippen molar-refractivity contribution in [2.24, 2.45) is 0 Å². The molecule has 144 valence electrons. The molecule has 0 radical (unpaired) electrons. The van der Waals surface area contributed by atoms with Gasteiger partial charge in [-0.1, -0.05) is 70.5 Å². The minimum Gasteiger partial charge on any atom is -0.507 e. The Bertz CT molecular complexity index is 1140. The molecule has 4 nitrogen and oxygen atoms in total. The van der Waals surface area contributed by atoms with Gasteiger partial charge in [-0.05, 0) is 24.3 Å². The molecule has 29 heavy (non-hydrogen) atoms. The fraction of sp³-hybridized carbons (Fsp3) is 0.0435. The van der Waals surface area contributed by atoms with Gasteiger partial charge in [-0.15, -0.1) is 0 Å². The third kappa shape index (κ3) is 3.36. The van der Waals surface area contributed by atoms with Crippen LogP contribution in [0.2, 0.25) is 0 Å². The predicted molar refractivity (Wildman–Crippen MR) is 112 cm³/mol. The molecule has 6 heteroatoms. The van der Waals surface area contributed by atoms with Crippen molar-refractivity contribution in [1.29, 1.82) is 0 Å². The number of benzene rings is 3. The van der Waals surface area contributed by atoms with Crippen molar-refractivity contribution in [1.82, 2.24) is 0 Å². The predicted octanol–water partition coefficient (Wildman–Crippen LogP) is 5.21. The van der Waals surface area contributed by atoms with Crippen molar-refractivity contribution < 1.29 is 19.1 Å². The van der Waals surface area contributed by atoms with Crippen molar-refractivity contribution >= 4 is 39.1 Å². The normalized spacial score (nSPS) is 18.3. The molecule has 1 heterocycles. The highest BCUT2D eigenvalue weighted by Crippen LogP contribution is 2.43. The van der Waals surface area contributed by atoms with E-state index in [1.807, 2.05) is 0 Å². The number of rotatable bonds is 3. The van der Waals surface area contributed by atoms with Crippen molar-refractivity contribution in [2.45, 2.75) is 6.04 Å². The lowest BCUT2D eigenvalue weighted by atomic mass is 9.95. The summed E-state index contributed by atoms with van der Waals surface area (Å²) in [6.07, 6.45) is 0. The summed E-state index contributed by atoms with van der Waals surface area (Å²) in [6, 6.07) is 20.1. The third-order valence-electron chi connectivity index (χ3n) is 4.78. The van der Waals surface area contributed by atoms with E-state index in [9.17, 15) is 19.1 Å². The molecule has 3 aromatic rings. The average molecular weight is 452 g/mol. The van der Waals surface area contributed by atoms with E-state index in [2.05, 4.69) is 15.9 Å². The second kappa shape index (κ2) is 7.64. The maximum Gasteiger partial charge on any atom is 0.300 e. The molecule has 1 atom stereocenters. The summed E-state index contributed by atoms with van der Waals surface area (Å²) in [6.45, 7) is 0. The number of ketones is 1. The Kier molecular flexibility index (Phi) is 5.03. The third-order valence-corrected chi connectivity index (χ3v) is 5.27. The van der Waals surface area contributed by atoms with Gasteiger partial charge in [0.1, 0.15) is 11.6 Å². The molecular weight excluding hydrogens is 437 g/mol. The molecule has 1 aliphatic rings. The van der Waals surface area contributed by atoms with Crippen LogP contribution < -0.4 is 4.90 Å². The molecule has 0 spiro atoms. The largest absolute Gasteiger partial charge is 0.507 e. The number of carbonyl (C=O) groups excluding carboxylic acids is 2. The maximum absolute atomic E-state index is 14.7. The van der Waals surface area contributed by atoms with Gasteiger partial charge in [0.2, 0.25) is 0 Å². The van der Waals surface area contributed by atoms with Crippen LogP contribution in [0.4, 0.5) is 10.1 Å². The SMILES string of the molecule is O=C1C(=O)N(c2cccc(Br)c2)[C@@H](c2ccccc2F)C1=C(O)c1ccccc1. The summed E-state index contributed by atoms with van der Waals surface area (Å²) in [7, 11) is 0. The van der Waals surface area contributed by atoms with Crippen LogP contribution in [0.1, 0.15) is 17.2 Å². The average Bonchev–Trinajstić information content (AvgIpc) is 2.99. The van der Waals surface area contributed by atoms with E-state index in [0.717, 1.165) is 0 Å². The zero-order valence-electron chi connectivity index (χ0n) is 15.0. The van der Waals surface area contributed by atoms with Gasteiger partial charge >= 0.3 is 0 Å². The molecular formula is C23H15BrFNO3. The molecule has 4 rings (SSSR count). The van der Waals surface area contributed by atoms with E-state index in [1.165, 1.54) is 23.1 Å². The molecule has 1 aliphatic heterocycles. The summed E-state index contributed by atoms with van der Waals surface area (Å²) < 4.78 is 15.4. The highest BCUT2D eigenvalue weighted by Gasteiger charge is 2.47. The van der Waals surface area contributed by atoms with Crippen LogP contribution >= 0.6 is 15.9 Å². The smallest absolute Gasteiger partial charge is 0.300 e. The summed E-state index contributed by atoms with van der Waals surface area (Å²) >= 11 is 3.36. The number of amides is 1. The van der Waals surface area contributed by atoms with Gasteiger partial charge in [-0.25, -0.2) is 4.39 Å². The number of nitrogens with zero attached hydrogens (tertiary/aromatic N) is 1. The highest BCUT2D eigenvalue weighted by atomic mass is 79.9. The minimum absolute atomic E-state index is 0.129. The Hall–Kier alpha value is -3.25. The number of carbonyl (C=O) groups is 2. The zero-order chi connectivity index (χ0) is 20.5. The quantitative estimate of drug-likeness (QED) is 0.337. The van der Waals surface area contributed by atoms with Crippen LogP contribution in [0.5, 0.6) is 0 Å². The Morgan fingerprint density at radius 2 is 1.62 bits per heavy atom. The molecule has 0 unspecified atom stereocenters. The molecule has 0 bridgehead atoms. The fourth-order valence-electron chi connectivity index (χ4n) is 3.47. The molecule has 1 N–H and O–H groups in total. The van der Waals surface area contributed by atoms with Crippen LogP contribution in [0.15, 0.2) is 88.9 Å². The monoisotopic (exact) mass is 451 g/mol. The molecule has 1 fully saturated rings. The van der Waals surface area contributed by atoms with Crippen LogP contribution in [-0.4, -0.2) is 16.8 Å². The lowest BCUT2D eigenvalue weighted by Crippen LogP contribution is -2.29. The zero-order valence-corrected chi connectivity index (χ0v) is 16.6. The van der Waals surface area contributed by atoms with E-state index < -0.39 is 23.5 Å². The number of aliphatic hydroxyl groups excluding tert-OH is 1. The van der Waals surface area contributed by atoms with E-state index in [0.29, 0.717) is 15.7 Å². The number of Topliss-reactive ketones (excluding diaryl/α,β-unsaturated/α-hetero) is 1. The fourth-order valence-corrected chi connectivity index (χ4v) is 3.85. The van der Waals surface area contributed by atoms with Crippen LogP contribution in [0.3, 0.4) is 0 Å². The summed E-state index contributed by atoms with van der Waals surface area (Å²) in [5, 5.41) is 10.9. The summed E-state index contributed by atoms with van der Waals surface area (Å²) in [4.78, 5) is 27.1. The van der Waals surface area contributed by atoms with Crippen molar-refractivity contribution in [2.75, 3.05) is 4.90 Å². The molecule has 3 aromatic carbocycles. The Balaban J connectivity index is 1.99. The van der Waals surface area contributed by atoms with Crippen molar-refractivity contribution in [3.8, 4) is 0 Å². The van der Waals surface area contributed by atoms with Gasteiger partial charge in [-0.3, -0.25) is 14.5 Å². The van der Waals surface area contributed by atoms with Gasteiger partial charge < -0.3 is 5.11 Å². The van der Waals surface area contributed by atoms with E-state index in [-0.39, 0.29) is 16.9 Å². The number of hydrogen-bond donors (Lipinski definition) is 1. The number of anilines is 1. The van der Waals surface area contributed by atoms with Crippen molar-refractivity contribution in [3.63, 3.8) is 0 Å². The molecule has 0 saturated carbocycles. The molecule has 1 amide bonds. The number of aliphatic hydroxyl groups is 1. The van der Waals surface area contributed by atoms with Crippen LogP contribution in [0.25, 0.3) is 5.76 Å². The van der Waals surface area contributed by atoms with Gasteiger partial charge in [0.05, 0.1) is 11.6 Å². The molecule has 1 saturated heterocycles. The molecule has 0 aliphatic carbocycles. The first-order valence-electron chi connectivity index (χ1n) is 8.85. The first kappa shape index (κ1) is 19.1. The van der Waals surface area contributed by atoms with E-state index >= 15 is 0 Å². The van der Waals surface area contributed by atoms with Gasteiger partial charge in [-0.2, -0.15) is 0 Å². The second-order valence-corrected chi connectivity index (χ2v) is 7.45. The van der Waals surface area contributed by atoms with Gasteiger partial charge in [0, 0.05) is 21.3 Å². The Morgan fingerprint density at radius 1 is 0.931 bits per heavy atom. The highest BCUT2D eigenvalue weighted by molar-refractivity contribution is 9.10. The lowest BCUT2D eigenvalue weighted by molar-refractivity contribution is -0.132. The number of hydrogen-bond acceptors (Lipinski definition) is 3. The van der Waals surface area contributed by atoms with Gasteiger partial charge in [0.15, 0.2) is 0 Å². The van der Waals surface area contributed by atoms with E-state index in [1.54, 1.807) is 60.7 Å². The summed E-state index contributed by atoms with van der Waals surface area (Å²) in [5.41, 5.74) is 0.776. The van der Waals surface area contributed by atoms with E-state index in [4.69, 9.17) is 0 Å². The first-order valence-corrected chi connectivity index (χ1v) is 9.64.